The molecule has 1 heteroatoms. The van der Waals surface area contributed by atoms with Crippen LogP contribution >= 0.6 is 0 Å². The standard InChI is InChI=1S/C16H28O/c1-3-7-13-8-6-12-16(11-4-2)14(13)9-5-10-15(16)17/h13-14H,3-12H2,1-2H3. The molecule has 0 bridgehead atoms. The number of ketones is 1. The highest BCUT2D eigenvalue weighted by atomic mass is 16.1. The maximum Gasteiger partial charge on any atom is 0.139 e. The Morgan fingerprint density at radius 2 is 2.00 bits per heavy atom. The van der Waals surface area contributed by atoms with Gasteiger partial charge >= 0.3 is 0 Å². The quantitative estimate of drug-likeness (QED) is 0.689. The minimum atomic E-state index is 0.116. The topological polar surface area (TPSA) is 17.1 Å². The molecule has 1 nitrogen and oxygen atoms in total. The third-order valence-electron chi connectivity index (χ3n) is 5.31. The second-order valence-corrected chi connectivity index (χ2v) is 6.27. The smallest absolute Gasteiger partial charge is 0.139 e. The lowest BCUT2D eigenvalue weighted by molar-refractivity contribution is -0.142. The highest BCUT2D eigenvalue weighted by Crippen LogP contribution is 2.54. The monoisotopic (exact) mass is 236 g/mol. The summed E-state index contributed by atoms with van der Waals surface area (Å²) in [7, 11) is 0. The second-order valence-electron chi connectivity index (χ2n) is 6.27. The molecular formula is C16H28O. The lowest BCUT2D eigenvalue weighted by Gasteiger charge is -2.50. The maximum absolute atomic E-state index is 12.5. The molecule has 0 saturated heterocycles. The number of Topliss-reactive ketones (excluding diaryl/α,β-unsaturated/α-hetero) is 1. The SMILES string of the molecule is CCCC1CCCC2(CCC)C(=O)CCCC12. The Morgan fingerprint density at radius 1 is 1.18 bits per heavy atom. The molecular weight excluding hydrogens is 208 g/mol. The van der Waals surface area contributed by atoms with Crippen molar-refractivity contribution >= 4 is 5.78 Å². The van der Waals surface area contributed by atoms with Crippen molar-refractivity contribution < 1.29 is 4.79 Å². The van der Waals surface area contributed by atoms with Crippen molar-refractivity contribution in [1.82, 2.24) is 0 Å². The van der Waals surface area contributed by atoms with Gasteiger partial charge < -0.3 is 0 Å². The highest BCUT2D eigenvalue weighted by molar-refractivity contribution is 5.86. The normalized spacial score (nSPS) is 37.9. The van der Waals surface area contributed by atoms with E-state index < -0.39 is 0 Å². The summed E-state index contributed by atoms with van der Waals surface area (Å²) < 4.78 is 0. The molecule has 0 aromatic rings. The van der Waals surface area contributed by atoms with E-state index in [1.807, 2.05) is 0 Å². The molecule has 0 aliphatic heterocycles. The molecule has 0 heterocycles. The molecule has 0 aromatic carbocycles. The van der Waals surface area contributed by atoms with E-state index in [4.69, 9.17) is 0 Å². The van der Waals surface area contributed by atoms with Crippen LogP contribution in [0.5, 0.6) is 0 Å². The lowest BCUT2D eigenvalue weighted by Crippen LogP contribution is -2.47. The van der Waals surface area contributed by atoms with Crippen molar-refractivity contribution in [1.29, 1.82) is 0 Å². The summed E-state index contributed by atoms with van der Waals surface area (Å²) in [4.78, 5) is 12.5. The van der Waals surface area contributed by atoms with Crippen LogP contribution in [0.2, 0.25) is 0 Å². The molecule has 0 amide bonds. The van der Waals surface area contributed by atoms with Crippen LogP contribution in [-0.4, -0.2) is 5.78 Å². The van der Waals surface area contributed by atoms with Gasteiger partial charge in [0.2, 0.25) is 0 Å². The van der Waals surface area contributed by atoms with E-state index in [0.29, 0.717) is 5.78 Å². The van der Waals surface area contributed by atoms with E-state index >= 15 is 0 Å². The number of fused-ring (bicyclic) bond motifs is 1. The number of hydrogen-bond donors (Lipinski definition) is 0. The molecule has 2 aliphatic carbocycles. The molecule has 3 unspecified atom stereocenters. The van der Waals surface area contributed by atoms with Gasteiger partial charge in [-0.25, -0.2) is 0 Å². The number of carbonyl (C=O) groups is 1. The van der Waals surface area contributed by atoms with E-state index in [-0.39, 0.29) is 5.41 Å². The maximum atomic E-state index is 12.5. The van der Waals surface area contributed by atoms with Gasteiger partial charge in [0, 0.05) is 11.8 Å². The fourth-order valence-electron chi connectivity index (χ4n) is 4.72. The van der Waals surface area contributed by atoms with E-state index in [2.05, 4.69) is 13.8 Å². The number of carbonyl (C=O) groups excluding carboxylic acids is 1. The minimum absolute atomic E-state index is 0.116. The molecule has 2 rings (SSSR count). The van der Waals surface area contributed by atoms with Crippen molar-refractivity contribution in [3.63, 3.8) is 0 Å². The highest BCUT2D eigenvalue weighted by Gasteiger charge is 2.50. The van der Waals surface area contributed by atoms with Gasteiger partial charge in [-0.3, -0.25) is 4.79 Å². The van der Waals surface area contributed by atoms with Crippen LogP contribution in [0, 0.1) is 17.3 Å². The number of hydrogen-bond acceptors (Lipinski definition) is 1. The van der Waals surface area contributed by atoms with Crippen LogP contribution in [0.1, 0.15) is 78.1 Å². The summed E-state index contributed by atoms with van der Waals surface area (Å²) in [6.45, 7) is 4.54. The van der Waals surface area contributed by atoms with E-state index in [9.17, 15) is 4.79 Å². The summed E-state index contributed by atoms with van der Waals surface area (Å²) in [5, 5.41) is 0. The van der Waals surface area contributed by atoms with Gasteiger partial charge in [0.1, 0.15) is 5.78 Å². The van der Waals surface area contributed by atoms with Crippen molar-refractivity contribution in [2.24, 2.45) is 17.3 Å². The molecule has 0 N–H and O–H groups in total. The summed E-state index contributed by atoms with van der Waals surface area (Å²) in [6.07, 6.45) is 12.2. The first-order valence-corrected chi connectivity index (χ1v) is 7.78. The summed E-state index contributed by atoms with van der Waals surface area (Å²) >= 11 is 0. The summed E-state index contributed by atoms with van der Waals surface area (Å²) in [5.74, 6) is 2.21. The van der Waals surface area contributed by atoms with Crippen molar-refractivity contribution in [3.8, 4) is 0 Å². The van der Waals surface area contributed by atoms with Crippen molar-refractivity contribution in [2.45, 2.75) is 78.1 Å². The predicted molar refractivity (Wildman–Crippen MR) is 71.9 cm³/mol. The Balaban J connectivity index is 2.22. The molecule has 98 valence electrons. The Bertz CT molecular complexity index is 265. The van der Waals surface area contributed by atoms with Gasteiger partial charge in [0.15, 0.2) is 0 Å². The van der Waals surface area contributed by atoms with Gasteiger partial charge in [0.25, 0.3) is 0 Å². The molecule has 2 aliphatic rings. The molecule has 0 spiro atoms. The molecule has 17 heavy (non-hydrogen) atoms. The fourth-order valence-corrected chi connectivity index (χ4v) is 4.72. The Hall–Kier alpha value is -0.330. The first-order chi connectivity index (χ1) is 8.24. The van der Waals surface area contributed by atoms with Crippen LogP contribution in [0.25, 0.3) is 0 Å². The zero-order chi connectivity index (χ0) is 12.3. The average molecular weight is 236 g/mol. The Labute approximate surface area is 106 Å². The average Bonchev–Trinajstić information content (AvgIpc) is 2.32. The first-order valence-electron chi connectivity index (χ1n) is 7.78. The number of rotatable bonds is 4. The predicted octanol–water partition coefficient (Wildman–Crippen LogP) is 4.74. The molecule has 0 aromatic heterocycles. The Morgan fingerprint density at radius 3 is 2.71 bits per heavy atom. The third-order valence-corrected chi connectivity index (χ3v) is 5.31. The minimum Gasteiger partial charge on any atom is -0.299 e. The van der Waals surface area contributed by atoms with E-state index in [1.165, 1.54) is 44.9 Å². The Kier molecular flexibility index (Phi) is 4.27. The molecule has 2 saturated carbocycles. The van der Waals surface area contributed by atoms with Gasteiger partial charge in [-0.1, -0.05) is 46.0 Å². The molecule has 0 radical (unpaired) electrons. The van der Waals surface area contributed by atoms with Gasteiger partial charge in [-0.05, 0) is 37.5 Å². The molecule has 3 atom stereocenters. The fraction of sp³-hybridized carbons (Fsp3) is 0.938. The van der Waals surface area contributed by atoms with Gasteiger partial charge in [0.05, 0.1) is 0 Å². The molecule has 2 fully saturated rings. The van der Waals surface area contributed by atoms with Gasteiger partial charge in [-0.15, -0.1) is 0 Å². The van der Waals surface area contributed by atoms with Crippen molar-refractivity contribution in [2.75, 3.05) is 0 Å². The zero-order valence-electron chi connectivity index (χ0n) is 11.6. The van der Waals surface area contributed by atoms with E-state index in [0.717, 1.165) is 31.1 Å². The van der Waals surface area contributed by atoms with Gasteiger partial charge in [-0.2, -0.15) is 0 Å². The summed E-state index contributed by atoms with van der Waals surface area (Å²) in [6, 6.07) is 0. The summed E-state index contributed by atoms with van der Waals surface area (Å²) in [5.41, 5.74) is 0.116. The zero-order valence-corrected chi connectivity index (χ0v) is 11.6. The van der Waals surface area contributed by atoms with Crippen LogP contribution in [0.15, 0.2) is 0 Å². The van der Waals surface area contributed by atoms with Crippen LogP contribution in [-0.2, 0) is 4.79 Å². The first kappa shape index (κ1) is 13.1. The lowest BCUT2D eigenvalue weighted by atomic mass is 9.53. The van der Waals surface area contributed by atoms with Crippen LogP contribution in [0.4, 0.5) is 0 Å². The van der Waals surface area contributed by atoms with Crippen LogP contribution in [0.3, 0.4) is 0 Å². The van der Waals surface area contributed by atoms with Crippen molar-refractivity contribution in [3.05, 3.63) is 0 Å². The largest absolute Gasteiger partial charge is 0.299 e. The second kappa shape index (κ2) is 5.54. The van der Waals surface area contributed by atoms with Crippen LogP contribution < -0.4 is 0 Å². The van der Waals surface area contributed by atoms with E-state index in [1.54, 1.807) is 0 Å². The third kappa shape index (κ3) is 2.30.